The number of fused-ring (bicyclic) bond motifs is 1. The third-order valence-corrected chi connectivity index (χ3v) is 3.90. The molecule has 3 nitrogen and oxygen atoms in total. The van der Waals surface area contributed by atoms with Gasteiger partial charge in [-0.05, 0) is 36.8 Å². The molecule has 0 unspecified atom stereocenters. The average molecular weight is 332 g/mol. The molecular weight excluding hydrogens is 318 g/mol. The Labute approximate surface area is 125 Å². The van der Waals surface area contributed by atoms with Gasteiger partial charge >= 0.3 is 0 Å². The van der Waals surface area contributed by atoms with Gasteiger partial charge in [-0.25, -0.2) is 0 Å². The molecule has 102 valence electrons. The molecule has 1 aliphatic rings. The molecule has 0 saturated carbocycles. The highest BCUT2D eigenvalue weighted by Gasteiger charge is 2.23. The molecule has 2 N–H and O–H groups in total. The fourth-order valence-corrected chi connectivity index (χ4v) is 2.96. The second kappa shape index (κ2) is 4.94. The summed E-state index contributed by atoms with van der Waals surface area (Å²) in [5.41, 5.74) is 9.61. The van der Waals surface area contributed by atoms with Gasteiger partial charge in [-0.2, -0.15) is 0 Å². The van der Waals surface area contributed by atoms with Crippen molar-refractivity contribution in [2.24, 2.45) is 0 Å². The fraction of sp³-hybridized carbons (Fsp3) is 0.188. The van der Waals surface area contributed by atoms with Crippen LogP contribution < -0.4 is 10.5 Å². The molecule has 0 radical (unpaired) electrons. The minimum atomic E-state index is -0.0920. The molecule has 3 rings (SSSR count). The van der Waals surface area contributed by atoms with Gasteiger partial charge in [-0.15, -0.1) is 0 Å². The first-order chi connectivity index (χ1) is 9.56. The van der Waals surface area contributed by atoms with Crippen molar-refractivity contribution in [3.8, 4) is 5.75 Å². The molecule has 0 aromatic heterocycles. The van der Waals surface area contributed by atoms with Gasteiger partial charge in [0.25, 0.3) is 0 Å². The number of ketones is 1. The van der Waals surface area contributed by atoms with E-state index in [4.69, 9.17) is 10.5 Å². The summed E-state index contributed by atoms with van der Waals surface area (Å²) < 4.78 is 6.50. The Hall–Kier alpha value is -1.81. The van der Waals surface area contributed by atoms with E-state index in [0.717, 1.165) is 22.0 Å². The molecule has 2 aromatic rings. The number of halogens is 1. The zero-order valence-electron chi connectivity index (χ0n) is 11.1. The van der Waals surface area contributed by atoms with E-state index in [0.29, 0.717) is 29.2 Å². The van der Waals surface area contributed by atoms with E-state index in [1.165, 1.54) is 0 Å². The smallest absolute Gasteiger partial charge is 0.198 e. The van der Waals surface area contributed by atoms with Crippen LogP contribution in [0.4, 0.5) is 5.69 Å². The van der Waals surface area contributed by atoms with E-state index >= 15 is 0 Å². The summed E-state index contributed by atoms with van der Waals surface area (Å²) in [6, 6.07) is 9.28. The van der Waals surface area contributed by atoms with Gasteiger partial charge in [-0.3, -0.25) is 4.79 Å². The van der Waals surface area contributed by atoms with E-state index < -0.39 is 0 Å². The molecular formula is C16H14BrNO2. The lowest BCUT2D eigenvalue weighted by molar-refractivity contribution is 0.103. The maximum Gasteiger partial charge on any atom is 0.198 e. The summed E-state index contributed by atoms with van der Waals surface area (Å²) in [6.07, 6.45) is 0.832. The summed E-state index contributed by atoms with van der Waals surface area (Å²) in [7, 11) is 0. The van der Waals surface area contributed by atoms with Gasteiger partial charge in [0.15, 0.2) is 5.78 Å². The molecule has 0 bridgehead atoms. The number of nitrogens with two attached hydrogens (primary N) is 1. The van der Waals surface area contributed by atoms with Crippen molar-refractivity contribution in [2.75, 3.05) is 12.3 Å². The molecule has 1 heterocycles. The van der Waals surface area contributed by atoms with Gasteiger partial charge in [0, 0.05) is 22.1 Å². The highest BCUT2D eigenvalue weighted by atomic mass is 79.9. The van der Waals surface area contributed by atoms with Crippen LogP contribution >= 0.6 is 15.9 Å². The Morgan fingerprint density at radius 2 is 2.05 bits per heavy atom. The highest BCUT2D eigenvalue weighted by Crippen LogP contribution is 2.35. The lowest BCUT2D eigenvalue weighted by atomic mass is 9.97. The molecule has 2 aromatic carbocycles. The first-order valence-electron chi connectivity index (χ1n) is 6.42. The van der Waals surface area contributed by atoms with Crippen molar-refractivity contribution in [2.45, 2.75) is 13.3 Å². The van der Waals surface area contributed by atoms with Crippen LogP contribution in [0.2, 0.25) is 0 Å². The van der Waals surface area contributed by atoms with Gasteiger partial charge < -0.3 is 10.5 Å². The summed E-state index contributed by atoms with van der Waals surface area (Å²) >= 11 is 3.45. The number of anilines is 1. The molecule has 4 heteroatoms. The summed E-state index contributed by atoms with van der Waals surface area (Å²) in [5, 5.41) is 0. The van der Waals surface area contributed by atoms with Crippen LogP contribution in [0.25, 0.3) is 0 Å². The number of ether oxygens (including phenoxy) is 1. The Bertz CT molecular complexity index is 710. The van der Waals surface area contributed by atoms with Crippen LogP contribution in [0.3, 0.4) is 0 Å². The number of rotatable bonds is 2. The van der Waals surface area contributed by atoms with E-state index in [9.17, 15) is 4.79 Å². The maximum atomic E-state index is 12.8. The number of carbonyl (C=O) groups excluding carboxylic acids is 1. The first kappa shape index (κ1) is 13.2. The van der Waals surface area contributed by atoms with Crippen molar-refractivity contribution < 1.29 is 9.53 Å². The number of nitrogen functional groups attached to an aromatic ring is 1. The Kier molecular flexibility index (Phi) is 3.26. The van der Waals surface area contributed by atoms with Crippen LogP contribution in [0.1, 0.15) is 27.0 Å². The lowest BCUT2D eigenvalue weighted by Crippen LogP contribution is -2.07. The monoisotopic (exact) mass is 331 g/mol. The topological polar surface area (TPSA) is 52.3 Å². The normalized spacial score (nSPS) is 12.9. The summed E-state index contributed by atoms with van der Waals surface area (Å²) in [4.78, 5) is 12.8. The summed E-state index contributed by atoms with van der Waals surface area (Å²) in [6.45, 7) is 2.56. The molecule has 0 spiro atoms. The first-order valence-corrected chi connectivity index (χ1v) is 7.21. The Morgan fingerprint density at radius 1 is 1.25 bits per heavy atom. The van der Waals surface area contributed by atoms with Gasteiger partial charge in [0.05, 0.1) is 12.2 Å². The standard InChI is InChI=1S/C16H14BrNO2/c1-9-2-3-14(18)12(6-9)15(19)13-8-11(17)7-10-4-5-20-16(10)13/h2-3,6-8H,4-5,18H2,1H3. The molecule has 0 amide bonds. The minimum Gasteiger partial charge on any atom is -0.492 e. The zero-order valence-corrected chi connectivity index (χ0v) is 12.7. The minimum absolute atomic E-state index is 0.0920. The molecule has 20 heavy (non-hydrogen) atoms. The molecule has 0 aliphatic carbocycles. The van der Waals surface area contributed by atoms with E-state index in [2.05, 4.69) is 15.9 Å². The maximum absolute atomic E-state index is 12.8. The van der Waals surface area contributed by atoms with Crippen molar-refractivity contribution >= 4 is 27.4 Å². The second-order valence-electron chi connectivity index (χ2n) is 4.96. The van der Waals surface area contributed by atoms with Crippen LogP contribution in [-0.4, -0.2) is 12.4 Å². The van der Waals surface area contributed by atoms with Crippen LogP contribution in [-0.2, 0) is 6.42 Å². The molecule has 0 atom stereocenters. The lowest BCUT2D eigenvalue weighted by Gasteiger charge is -2.10. The zero-order chi connectivity index (χ0) is 14.3. The number of aryl methyl sites for hydroxylation is 1. The van der Waals surface area contributed by atoms with E-state index in [1.54, 1.807) is 12.1 Å². The Morgan fingerprint density at radius 3 is 2.85 bits per heavy atom. The van der Waals surface area contributed by atoms with Crippen LogP contribution in [0.5, 0.6) is 5.75 Å². The fourth-order valence-electron chi connectivity index (χ4n) is 2.45. The van der Waals surface area contributed by atoms with Gasteiger partial charge in [0.1, 0.15) is 5.75 Å². The Balaban J connectivity index is 2.14. The number of carbonyl (C=O) groups is 1. The van der Waals surface area contributed by atoms with Crippen molar-refractivity contribution in [1.82, 2.24) is 0 Å². The van der Waals surface area contributed by atoms with Crippen LogP contribution in [0, 0.1) is 6.92 Å². The van der Waals surface area contributed by atoms with E-state index in [1.807, 2.05) is 25.1 Å². The third-order valence-electron chi connectivity index (χ3n) is 3.45. The number of hydrogen-bond acceptors (Lipinski definition) is 3. The second-order valence-corrected chi connectivity index (χ2v) is 5.88. The predicted molar refractivity (Wildman–Crippen MR) is 82.4 cm³/mol. The van der Waals surface area contributed by atoms with Gasteiger partial charge in [0.2, 0.25) is 0 Å². The quantitative estimate of drug-likeness (QED) is 0.676. The highest BCUT2D eigenvalue weighted by molar-refractivity contribution is 9.10. The van der Waals surface area contributed by atoms with Crippen molar-refractivity contribution in [1.29, 1.82) is 0 Å². The summed E-state index contributed by atoms with van der Waals surface area (Å²) in [5.74, 6) is 0.602. The van der Waals surface area contributed by atoms with Crippen molar-refractivity contribution in [3.05, 3.63) is 57.1 Å². The number of hydrogen-bond donors (Lipinski definition) is 1. The largest absolute Gasteiger partial charge is 0.492 e. The third kappa shape index (κ3) is 2.20. The predicted octanol–water partition coefficient (Wildman–Crippen LogP) is 3.51. The van der Waals surface area contributed by atoms with Crippen LogP contribution in [0.15, 0.2) is 34.8 Å². The SMILES string of the molecule is Cc1ccc(N)c(C(=O)c2cc(Br)cc3c2OCC3)c1. The van der Waals surface area contributed by atoms with E-state index in [-0.39, 0.29) is 5.78 Å². The average Bonchev–Trinajstić information content (AvgIpc) is 2.87. The molecule has 1 aliphatic heterocycles. The molecule has 0 fully saturated rings. The van der Waals surface area contributed by atoms with Crippen molar-refractivity contribution in [3.63, 3.8) is 0 Å². The molecule has 0 saturated heterocycles. The number of benzene rings is 2. The van der Waals surface area contributed by atoms with Gasteiger partial charge in [-0.1, -0.05) is 27.6 Å².